The topological polar surface area (TPSA) is 33.2 Å². The molecule has 0 saturated carbocycles. The van der Waals surface area contributed by atoms with Gasteiger partial charge in [0, 0.05) is 16.4 Å². The number of ketones is 1. The highest BCUT2D eigenvalue weighted by molar-refractivity contribution is 9.10. The van der Waals surface area contributed by atoms with Crippen LogP contribution in [0.1, 0.15) is 45.2 Å². The predicted molar refractivity (Wildman–Crippen MR) is 84.8 cm³/mol. The molecular weight excluding hydrogens is 316 g/mol. The highest BCUT2D eigenvalue weighted by Gasteiger charge is 2.37. The fraction of sp³-hybridized carbons (Fsp3) is 0.625. The van der Waals surface area contributed by atoms with Crippen LogP contribution in [0.4, 0.5) is 0 Å². The average Bonchev–Trinajstić information content (AvgIpc) is 2.49. The Kier molecular flexibility index (Phi) is 5.33. The molecule has 1 unspecified atom stereocenters. The van der Waals surface area contributed by atoms with E-state index in [2.05, 4.69) is 39.7 Å². The van der Waals surface area contributed by atoms with Crippen molar-refractivity contribution >= 4 is 21.7 Å². The van der Waals surface area contributed by atoms with E-state index in [1.54, 1.807) is 6.20 Å². The molecular formula is C16H23BrN2O. The fourth-order valence-corrected chi connectivity index (χ4v) is 3.09. The third-order valence-corrected chi connectivity index (χ3v) is 4.94. The van der Waals surface area contributed by atoms with Gasteiger partial charge < -0.3 is 0 Å². The number of likely N-dealkylation sites (tertiary alicyclic amines) is 1. The number of pyridine rings is 1. The fourth-order valence-electron chi connectivity index (χ4n) is 2.85. The molecule has 1 saturated heterocycles. The van der Waals surface area contributed by atoms with Gasteiger partial charge in [-0.3, -0.25) is 14.7 Å². The Morgan fingerprint density at radius 2 is 2.05 bits per heavy atom. The Labute approximate surface area is 129 Å². The van der Waals surface area contributed by atoms with Crippen molar-refractivity contribution in [3.05, 3.63) is 28.5 Å². The van der Waals surface area contributed by atoms with Crippen molar-refractivity contribution in [2.45, 2.75) is 51.5 Å². The van der Waals surface area contributed by atoms with Crippen LogP contribution >= 0.6 is 15.9 Å². The van der Waals surface area contributed by atoms with Gasteiger partial charge in [-0.1, -0.05) is 13.3 Å². The van der Waals surface area contributed by atoms with Crippen LogP contribution in [0.5, 0.6) is 0 Å². The molecule has 0 amide bonds. The van der Waals surface area contributed by atoms with E-state index >= 15 is 0 Å². The molecule has 0 N–H and O–H groups in total. The average molecular weight is 339 g/mol. The molecule has 2 heterocycles. The molecule has 1 aromatic rings. The summed E-state index contributed by atoms with van der Waals surface area (Å²) in [6.45, 7) is 6.30. The first-order chi connectivity index (χ1) is 9.56. The number of piperidine rings is 1. The number of rotatable bonds is 5. The zero-order chi connectivity index (χ0) is 14.6. The molecule has 0 aromatic carbocycles. The van der Waals surface area contributed by atoms with Crippen LogP contribution in [-0.2, 0) is 11.2 Å². The Bertz CT molecular complexity index is 454. The Morgan fingerprint density at radius 3 is 2.60 bits per heavy atom. The maximum Gasteiger partial charge on any atom is 0.158 e. The van der Waals surface area contributed by atoms with E-state index in [-0.39, 0.29) is 11.3 Å². The summed E-state index contributed by atoms with van der Waals surface area (Å²) in [6.07, 6.45) is 6.75. The summed E-state index contributed by atoms with van der Waals surface area (Å²) in [4.78, 5) is 19.5. The van der Waals surface area contributed by atoms with Crippen molar-refractivity contribution in [3.63, 3.8) is 0 Å². The van der Waals surface area contributed by atoms with Gasteiger partial charge in [0.25, 0.3) is 0 Å². The molecule has 20 heavy (non-hydrogen) atoms. The number of carbonyl (C=O) groups is 1. The third-order valence-electron chi connectivity index (χ3n) is 4.47. The van der Waals surface area contributed by atoms with Crippen LogP contribution in [-0.4, -0.2) is 34.3 Å². The second-order valence-corrected chi connectivity index (χ2v) is 6.66. The van der Waals surface area contributed by atoms with E-state index in [1.165, 1.54) is 19.3 Å². The van der Waals surface area contributed by atoms with E-state index in [0.717, 1.165) is 29.7 Å². The van der Waals surface area contributed by atoms with Crippen LogP contribution in [0.25, 0.3) is 0 Å². The third kappa shape index (κ3) is 3.47. The second-order valence-electron chi connectivity index (χ2n) is 5.74. The van der Waals surface area contributed by atoms with Crippen molar-refractivity contribution in [3.8, 4) is 0 Å². The van der Waals surface area contributed by atoms with E-state index in [1.807, 2.05) is 12.1 Å². The van der Waals surface area contributed by atoms with E-state index in [9.17, 15) is 4.79 Å². The van der Waals surface area contributed by atoms with Crippen molar-refractivity contribution < 1.29 is 4.79 Å². The molecule has 1 aliphatic heterocycles. The van der Waals surface area contributed by atoms with Crippen molar-refractivity contribution in [2.75, 3.05) is 13.1 Å². The zero-order valence-corrected chi connectivity index (χ0v) is 13.9. The molecule has 1 aliphatic rings. The maximum atomic E-state index is 12.8. The van der Waals surface area contributed by atoms with Crippen molar-refractivity contribution in [2.24, 2.45) is 0 Å². The summed E-state index contributed by atoms with van der Waals surface area (Å²) in [5, 5.41) is 0. The number of halogens is 1. The molecule has 1 atom stereocenters. The van der Waals surface area contributed by atoms with Gasteiger partial charge in [0.2, 0.25) is 0 Å². The number of nitrogens with zero attached hydrogens (tertiary/aromatic N) is 2. The molecule has 0 aliphatic carbocycles. The van der Waals surface area contributed by atoms with Crippen molar-refractivity contribution in [1.82, 2.24) is 9.88 Å². The zero-order valence-electron chi connectivity index (χ0n) is 12.4. The molecule has 1 aromatic heterocycles. The van der Waals surface area contributed by atoms with Gasteiger partial charge in [-0.25, -0.2) is 0 Å². The Morgan fingerprint density at radius 1 is 1.35 bits per heavy atom. The van der Waals surface area contributed by atoms with Crippen LogP contribution < -0.4 is 0 Å². The van der Waals surface area contributed by atoms with E-state index in [4.69, 9.17) is 0 Å². The normalized spacial score (nSPS) is 19.6. The summed E-state index contributed by atoms with van der Waals surface area (Å²) in [6, 6.07) is 3.87. The monoisotopic (exact) mass is 338 g/mol. The molecule has 0 bridgehead atoms. The lowest BCUT2D eigenvalue weighted by molar-refractivity contribution is -0.130. The van der Waals surface area contributed by atoms with Crippen LogP contribution in [0, 0.1) is 0 Å². The molecule has 4 heteroatoms. The van der Waals surface area contributed by atoms with Crippen LogP contribution in [0.3, 0.4) is 0 Å². The number of hydrogen-bond donors (Lipinski definition) is 0. The molecule has 0 radical (unpaired) electrons. The van der Waals surface area contributed by atoms with Crippen molar-refractivity contribution in [1.29, 1.82) is 0 Å². The van der Waals surface area contributed by atoms with Gasteiger partial charge in [0.1, 0.15) is 0 Å². The first-order valence-electron chi connectivity index (χ1n) is 7.45. The standard InChI is InChI=1S/C16H23BrN2O/c1-3-16(2,19-9-5-4-6-10-19)15(20)11-14-8-7-13(17)12-18-14/h7-8,12H,3-6,9-11H2,1-2H3. The lowest BCUT2D eigenvalue weighted by Crippen LogP contribution is -2.54. The van der Waals surface area contributed by atoms with Gasteiger partial charge in [0.15, 0.2) is 5.78 Å². The SMILES string of the molecule is CCC(C)(C(=O)Cc1ccc(Br)cn1)N1CCCCC1. The number of aromatic nitrogens is 1. The second kappa shape index (κ2) is 6.81. The summed E-state index contributed by atoms with van der Waals surface area (Å²) < 4.78 is 0.947. The number of hydrogen-bond acceptors (Lipinski definition) is 3. The van der Waals surface area contributed by atoms with Gasteiger partial charge in [-0.2, -0.15) is 0 Å². The first-order valence-corrected chi connectivity index (χ1v) is 8.24. The van der Waals surface area contributed by atoms with E-state index < -0.39 is 0 Å². The summed E-state index contributed by atoms with van der Waals surface area (Å²) in [7, 11) is 0. The number of Topliss-reactive ketones (excluding diaryl/α,β-unsaturated/α-hetero) is 1. The van der Waals surface area contributed by atoms with Crippen LogP contribution in [0.2, 0.25) is 0 Å². The number of carbonyl (C=O) groups excluding carboxylic acids is 1. The largest absolute Gasteiger partial charge is 0.297 e. The molecule has 1 fully saturated rings. The maximum absolute atomic E-state index is 12.8. The lowest BCUT2D eigenvalue weighted by atomic mass is 9.86. The Balaban J connectivity index is 2.09. The first kappa shape index (κ1) is 15.6. The van der Waals surface area contributed by atoms with Crippen LogP contribution in [0.15, 0.2) is 22.8 Å². The Hall–Kier alpha value is -0.740. The molecule has 110 valence electrons. The smallest absolute Gasteiger partial charge is 0.158 e. The van der Waals surface area contributed by atoms with Gasteiger partial charge in [-0.05, 0) is 67.3 Å². The minimum absolute atomic E-state index is 0.289. The highest BCUT2D eigenvalue weighted by atomic mass is 79.9. The van der Waals surface area contributed by atoms with Gasteiger partial charge in [0.05, 0.1) is 12.0 Å². The summed E-state index contributed by atoms with van der Waals surface area (Å²) in [5.41, 5.74) is 0.518. The lowest BCUT2D eigenvalue weighted by Gasteiger charge is -2.41. The molecule has 2 rings (SSSR count). The predicted octanol–water partition coefficient (Wildman–Crippen LogP) is 3.61. The van der Waals surface area contributed by atoms with E-state index in [0.29, 0.717) is 6.42 Å². The summed E-state index contributed by atoms with van der Waals surface area (Å²) >= 11 is 3.37. The quantitative estimate of drug-likeness (QED) is 0.822. The minimum Gasteiger partial charge on any atom is -0.297 e. The summed E-state index contributed by atoms with van der Waals surface area (Å²) in [5.74, 6) is 0.289. The highest BCUT2D eigenvalue weighted by Crippen LogP contribution is 2.26. The minimum atomic E-state index is -0.338. The molecule has 0 spiro atoms. The van der Waals surface area contributed by atoms with Gasteiger partial charge >= 0.3 is 0 Å². The van der Waals surface area contributed by atoms with Gasteiger partial charge in [-0.15, -0.1) is 0 Å². The molecule has 3 nitrogen and oxygen atoms in total.